The molecule has 0 aliphatic rings. The lowest BCUT2D eigenvalue weighted by atomic mass is 10.3. The van der Waals surface area contributed by atoms with E-state index in [0.717, 1.165) is 18.8 Å². The highest BCUT2D eigenvalue weighted by molar-refractivity contribution is 5.15. The van der Waals surface area contributed by atoms with Gasteiger partial charge in [0.25, 0.3) is 0 Å². The number of hydrogen-bond acceptors (Lipinski definition) is 5. The Balaban J connectivity index is 2.59. The van der Waals surface area contributed by atoms with Crippen LogP contribution < -0.4 is 4.74 Å². The standard InChI is InChI=1S/C13H19N3O2/c1-17-10-9-16(8-4-7-14)11-12-5-3-6-13(15-12)18-2/h3,5-6H,4,8-11H2,1-2H3. The molecule has 18 heavy (non-hydrogen) atoms. The predicted octanol–water partition coefficient (Wildman–Crippen LogP) is 1.45. The summed E-state index contributed by atoms with van der Waals surface area (Å²) < 4.78 is 10.2. The fourth-order valence-electron chi connectivity index (χ4n) is 1.59. The second-order valence-corrected chi connectivity index (χ2v) is 3.85. The normalized spacial score (nSPS) is 10.3. The van der Waals surface area contributed by atoms with Crippen molar-refractivity contribution in [2.24, 2.45) is 0 Å². The predicted molar refractivity (Wildman–Crippen MR) is 68.2 cm³/mol. The van der Waals surface area contributed by atoms with Crippen molar-refractivity contribution in [3.8, 4) is 11.9 Å². The fourth-order valence-corrected chi connectivity index (χ4v) is 1.59. The Hall–Kier alpha value is -1.64. The van der Waals surface area contributed by atoms with Crippen LogP contribution in [-0.4, -0.2) is 43.8 Å². The Labute approximate surface area is 108 Å². The van der Waals surface area contributed by atoms with Crippen LogP contribution in [0.5, 0.6) is 5.88 Å². The number of methoxy groups -OCH3 is 2. The van der Waals surface area contributed by atoms with Gasteiger partial charge in [-0.15, -0.1) is 0 Å². The molecule has 0 radical (unpaired) electrons. The van der Waals surface area contributed by atoms with Crippen LogP contribution in [0.2, 0.25) is 0 Å². The third-order valence-corrected chi connectivity index (χ3v) is 2.53. The number of rotatable bonds is 8. The molecule has 0 spiro atoms. The fraction of sp³-hybridized carbons (Fsp3) is 0.538. The number of nitriles is 1. The lowest BCUT2D eigenvalue weighted by Crippen LogP contribution is -2.28. The number of pyridine rings is 1. The van der Waals surface area contributed by atoms with Crippen LogP contribution in [0.15, 0.2) is 18.2 Å². The maximum absolute atomic E-state index is 8.65. The van der Waals surface area contributed by atoms with Crippen molar-refractivity contribution in [2.75, 3.05) is 33.9 Å². The Morgan fingerprint density at radius 3 is 2.83 bits per heavy atom. The van der Waals surface area contributed by atoms with Gasteiger partial charge in [0.15, 0.2) is 0 Å². The van der Waals surface area contributed by atoms with Gasteiger partial charge in [-0.3, -0.25) is 4.90 Å². The molecule has 5 nitrogen and oxygen atoms in total. The third-order valence-electron chi connectivity index (χ3n) is 2.53. The monoisotopic (exact) mass is 249 g/mol. The Kier molecular flexibility index (Phi) is 6.77. The summed E-state index contributed by atoms with van der Waals surface area (Å²) in [7, 11) is 3.27. The van der Waals surface area contributed by atoms with Crippen LogP contribution in [0.1, 0.15) is 12.1 Å². The molecule has 0 saturated heterocycles. The topological polar surface area (TPSA) is 58.4 Å². The van der Waals surface area contributed by atoms with Gasteiger partial charge in [-0.05, 0) is 6.07 Å². The summed E-state index contributed by atoms with van der Waals surface area (Å²) in [6.45, 7) is 2.85. The maximum atomic E-state index is 8.65. The van der Waals surface area contributed by atoms with E-state index in [1.54, 1.807) is 14.2 Å². The van der Waals surface area contributed by atoms with Crippen LogP contribution in [0.3, 0.4) is 0 Å². The van der Waals surface area contributed by atoms with Crippen molar-refractivity contribution >= 4 is 0 Å². The Morgan fingerprint density at radius 1 is 1.33 bits per heavy atom. The van der Waals surface area contributed by atoms with E-state index < -0.39 is 0 Å². The summed E-state index contributed by atoms with van der Waals surface area (Å²) in [5.74, 6) is 0.611. The van der Waals surface area contributed by atoms with Gasteiger partial charge in [0.05, 0.1) is 25.5 Å². The molecule has 0 atom stereocenters. The maximum Gasteiger partial charge on any atom is 0.213 e. The SMILES string of the molecule is COCCN(CCC#N)Cc1cccc(OC)n1. The van der Waals surface area contributed by atoms with Gasteiger partial charge in [0.1, 0.15) is 0 Å². The van der Waals surface area contributed by atoms with Crippen LogP contribution >= 0.6 is 0 Å². The molecular weight excluding hydrogens is 230 g/mol. The summed E-state index contributed by atoms with van der Waals surface area (Å²) >= 11 is 0. The lowest BCUT2D eigenvalue weighted by molar-refractivity contribution is 0.144. The lowest BCUT2D eigenvalue weighted by Gasteiger charge is -2.20. The van der Waals surface area contributed by atoms with Gasteiger partial charge in [-0.1, -0.05) is 6.07 Å². The molecule has 5 heteroatoms. The number of nitrogens with zero attached hydrogens (tertiary/aromatic N) is 3. The highest BCUT2D eigenvalue weighted by atomic mass is 16.5. The van der Waals surface area contributed by atoms with E-state index in [0.29, 0.717) is 25.5 Å². The van der Waals surface area contributed by atoms with Gasteiger partial charge in [-0.25, -0.2) is 4.98 Å². The zero-order valence-electron chi connectivity index (χ0n) is 10.9. The third kappa shape index (κ3) is 5.13. The first-order chi connectivity index (χ1) is 8.80. The zero-order valence-corrected chi connectivity index (χ0v) is 10.9. The van der Waals surface area contributed by atoms with Crippen molar-refractivity contribution in [3.63, 3.8) is 0 Å². The molecule has 0 aliphatic heterocycles. The van der Waals surface area contributed by atoms with Crippen molar-refractivity contribution < 1.29 is 9.47 Å². The summed E-state index contributed by atoms with van der Waals surface area (Å²) in [6, 6.07) is 7.84. The Bertz CT molecular complexity index is 390. The highest BCUT2D eigenvalue weighted by Crippen LogP contribution is 2.09. The molecule has 1 heterocycles. The molecule has 0 unspecified atom stereocenters. The smallest absolute Gasteiger partial charge is 0.213 e. The minimum Gasteiger partial charge on any atom is -0.481 e. The van der Waals surface area contributed by atoms with E-state index in [9.17, 15) is 0 Å². The van der Waals surface area contributed by atoms with Crippen molar-refractivity contribution in [3.05, 3.63) is 23.9 Å². The average Bonchev–Trinajstić information content (AvgIpc) is 2.42. The minimum atomic E-state index is 0.508. The van der Waals surface area contributed by atoms with E-state index in [1.165, 1.54) is 0 Å². The van der Waals surface area contributed by atoms with Gasteiger partial charge < -0.3 is 9.47 Å². The molecule has 0 saturated carbocycles. The van der Waals surface area contributed by atoms with E-state index in [4.69, 9.17) is 14.7 Å². The van der Waals surface area contributed by atoms with Crippen molar-refractivity contribution in [1.82, 2.24) is 9.88 Å². The van der Waals surface area contributed by atoms with E-state index in [-0.39, 0.29) is 0 Å². The molecule has 0 aromatic carbocycles. The molecule has 0 N–H and O–H groups in total. The van der Waals surface area contributed by atoms with Crippen LogP contribution in [0.25, 0.3) is 0 Å². The number of aromatic nitrogens is 1. The highest BCUT2D eigenvalue weighted by Gasteiger charge is 2.07. The number of ether oxygens (including phenoxy) is 2. The van der Waals surface area contributed by atoms with E-state index in [2.05, 4.69) is 16.0 Å². The summed E-state index contributed by atoms with van der Waals surface area (Å²) in [4.78, 5) is 6.51. The van der Waals surface area contributed by atoms with E-state index in [1.807, 2.05) is 18.2 Å². The van der Waals surface area contributed by atoms with Crippen molar-refractivity contribution in [2.45, 2.75) is 13.0 Å². The second-order valence-electron chi connectivity index (χ2n) is 3.85. The molecule has 0 amide bonds. The average molecular weight is 249 g/mol. The van der Waals surface area contributed by atoms with Crippen LogP contribution in [-0.2, 0) is 11.3 Å². The number of hydrogen-bond donors (Lipinski definition) is 0. The van der Waals surface area contributed by atoms with Gasteiger partial charge in [-0.2, -0.15) is 5.26 Å². The Morgan fingerprint density at radius 2 is 2.17 bits per heavy atom. The molecule has 1 aromatic rings. The summed E-state index contributed by atoms with van der Waals surface area (Å²) in [6.07, 6.45) is 0.508. The minimum absolute atomic E-state index is 0.508. The van der Waals surface area contributed by atoms with E-state index >= 15 is 0 Å². The van der Waals surface area contributed by atoms with Crippen molar-refractivity contribution in [1.29, 1.82) is 5.26 Å². The molecule has 0 bridgehead atoms. The molecule has 0 fully saturated rings. The first-order valence-electron chi connectivity index (χ1n) is 5.88. The molecule has 1 rings (SSSR count). The van der Waals surface area contributed by atoms with Gasteiger partial charge >= 0.3 is 0 Å². The van der Waals surface area contributed by atoms with Crippen LogP contribution in [0, 0.1) is 11.3 Å². The van der Waals surface area contributed by atoms with Crippen LogP contribution in [0.4, 0.5) is 0 Å². The molecule has 1 aromatic heterocycles. The largest absolute Gasteiger partial charge is 0.481 e. The first-order valence-corrected chi connectivity index (χ1v) is 5.88. The molecule has 0 aliphatic carbocycles. The quantitative estimate of drug-likeness (QED) is 0.698. The van der Waals surface area contributed by atoms with Gasteiger partial charge in [0, 0.05) is 39.2 Å². The van der Waals surface area contributed by atoms with Gasteiger partial charge in [0.2, 0.25) is 5.88 Å². The molecular formula is C13H19N3O2. The first kappa shape index (κ1) is 14.4. The zero-order chi connectivity index (χ0) is 13.2. The summed E-state index contributed by atoms with van der Waals surface area (Å²) in [5.41, 5.74) is 0.934. The summed E-state index contributed by atoms with van der Waals surface area (Å²) in [5, 5.41) is 8.65. The molecule has 98 valence electrons. The second kappa shape index (κ2) is 8.45.